The maximum atomic E-state index is 12.0. The van der Waals surface area contributed by atoms with Gasteiger partial charge in [-0.3, -0.25) is 10.1 Å². The van der Waals surface area contributed by atoms with E-state index in [4.69, 9.17) is 0 Å². The Bertz CT molecular complexity index is 796. The van der Waals surface area contributed by atoms with E-state index >= 15 is 0 Å². The minimum Gasteiger partial charge on any atom is -0.258 e. The second-order valence-corrected chi connectivity index (χ2v) is 6.01. The number of nitro benzene ring substituents is 1. The summed E-state index contributed by atoms with van der Waals surface area (Å²) in [6.45, 7) is 1.85. The number of nitro groups is 1. The third-order valence-electron chi connectivity index (χ3n) is 2.74. The standard InChI is InChI=1S/C14H12N2O4S/c1-11-5-7-14(8-6-11)21(19,20)15-10-12-3-2-4-13(9-12)16(17)18/h2-10H,1H3/b15-10-. The molecule has 2 rings (SSSR count). The van der Waals surface area contributed by atoms with Crippen LogP contribution in [0.25, 0.3) is 0 Å². The number of hydrogen-bond donors (Lipinski definition) is 0. The summed E-state index contributed by atoms with van der Waals surface area (Å²) in [5.74, 6) is 0. The average Bonchev–Trinajstić information content (AvgIpc) is 2.46. The van der Waals surface area contributed by atoms with Crippen molar-refractivity contribution in [3.63, 3.8) is 0 Å². The van der Waals surface area contributed by atoms with Crippen LogP contribution >= 0.6 is 0 Å². The molecule has 0 aliphatic heterocycles. The van der Waals surface area contributed by atoms with Crippen LogP contribution in [0.5, 0.6) is 0 Å². The summed E-state index contributed by atoms with van der Waals surface area (Å²) in [6.07, 6.45) is 1.10. The Balaban J connectivity index is 2.29. The Labute approximate surface area is 122 Å². The zero-order valence-corrected chi connectivity index (χ0v) is 11.9. The van der Waals surface area contributed by atoms with Crippen molar-refractivity contribution in [3.8, 4) is 0 Å². The van der Waals surface area contributed by atoms with Crippen LogP contribution < -0.4 is 0 Å². The van der Waals surface area contributed by atoms with E-state index in [0.29, 0.717) is 5.56 Å². The van der Waals surface area contributed by atoms with Crippen LogP contribution in [0.2, 0.25) is 0 Å². The van der Waals surface area contributed by atoms with E-state index in [0.717, 1.165) is 11.8 Å². The molecule has 0 atom stereocenters. The largest absolute Gasteiger partial charge is 0.282 e. The fraction of sp³-hybridized carbons (Fsp3) is 0.0714. The van der Waals surface area contributed by atoms with Crippen LogP contribution in [-0.4, -0.2) is 19.6 Å². The van der Waals surface area contributed by atoms with Crippen LogP contribution in [0.15, 0.2) is 57.8 Å². The van der Waals surface area contributed by atoms with Crippen molar-refractivity contribution in [1.82, 2.24) is 0 Å². The zero-order valence-electron chi connectivity index (χ0n) is 11.1. The first kappa shape index (κ1) is 14.9. The first-order valence-electron chi connectivity index (χ1n) is 6.00. The summed E-state index contributed by atoms with van der Waals surface area (Å²) in [5.41, 5.74) is 1.17. The van der Waals surface area contributed by atoms with Gasteiger partial charge in [0.25, 0.3) is 15.7 Å². The van der Waals surface area contributed by atoms with Gasteiger partial charge in [-0.1, -0.05) is 29.8 Å². The summed E-state index contributed by atoms with van der Waals surface area (Å²) in [5, 5.41) is 10.7. The van der Waals surface area contributed by atoms with Crippen molar-refractivity contribution in [2.45, 2.75) is 11.8 Å². The molecule has 2 aromatic carbocycles. The third kappa shape index (κ3) is 3.73. The second-order valence-electron chi connectivity index (χ2n) is 4.37. The molecule has 108 valence electrons. The van der Waals surface area contributed by atoms with Gasteiger partial charge in [-0.05, 0) is 19.1 Å². The molecule has 0 amide bonds. The van der Waals surface area contributed by atoms with Crippen LogP contribution in [0.4, 0.5) is 5.69 Å². The zero-order chi connectivity index (χ0) is 15.5. The van der Waals surface area contributed by atoms with E-state index < -0.39 is 14.9 Å². The molecule has 0 spiro atoms. The van der Waals surface area contributed by atoms with Gasteiger partial charge in [-0.15, -0.1) is 0 Å². The van der Waals surface area contributed by atoms with Gasteiger partial charge in [0.2, 0.25) is 0 Å². The van der Waals surface area contributed by atoms with Gasteiger partial charge in [-0.2, -0.15) is 12.8 Å². The molecular weight excluding hydrogens is 292 g/mol. The smallest absolute Gasteiger partial charge is 0.258 e. The number of rotatable bonds is 4. The van der Waals surface area contributed by atoms with Crippen LogP contribution in [0.1, 0.15) is 11.1 Å². The molecule has 0 unspecified atom stereocenters. The van der Waals surface area contributed by atoms with Crippen molar-refractivity contribution in [2.75, 3.05) is 0 Å². The Morgan fingerprint density at radius 1 is 1.14 bits per heavy atom. The van der Waals surface area contributed by atoms with E-state index in [-0.39, 0.29) is 10.6 Å². The molecule has 6 nitrogen and oxygen atoms in total. The molecule has 0 aromatic heterocycles. The van der Waals surface area contributed by atoms with Crippen molar-refractivity contribution in [3.05, 3.63) is 69.8 Å². The van der Waals surface area contributed by atoms with E-state index in [1.54, 1.807) is 18.2 Å². The molecule has 0 bridgehead atoms. The van der Waals surface area contributed by atoms with E-state index in [1.165, 1.54) is 30.3 Å². The second kappa shape index (κ2) is 5.84. The highest BCUT2D eigenvalue weighted by Gasteiger charge is 2.11. The Morgan fingerprint density at radius 3 is 2.43 bits per heavy atom. The third-order valence-corrected chi connectivity index (χ3v) is 3.99. The fourth-order valence-electron chi connectivity index (χ4n) is 1.62. The van der Waals surface area contributed by atoms with Gasteiger partial charge >= 0.3 is 0 Å². The van der Waals surface area contributed by atoms with E-state index in [2.05, 4.69) is 4.40 Å². The summed E-state index contributed by atoms with van der Waals surface area (Å²) in [7, 11) is -3.81. The molecule has 0 fully saturated rings. The van der Waals surface area contributed by atoms with Gasteiger partial charge in [0.05, 0.1) is 9.82 Å². The van der Waals surface area contributed by atoms with E-state index in [9.17, 15) is 18.5 Å². The number of aryl methyl sites for hydroxylation is 1. The minimum atomic E-state index is -3.81. The predicted molar refractivity (Wildman–Crippen MR) is 79.1 cm³/mol. The van der Waals surface area contributed by atoms with Gasteiger partial charge in [-0.25, -0.2) is 0 Å². The predicted octanol–water partition coefficient (Wildman–Crippen LogP) is 2.71. The number of benzene rings is 2. The lowest BCUT2D eigenvalue weighted by molar-refractivity contribution is -0.384. The molecule has 0 saturated carbocycles. The van der Waals surface area contributed by atoms with Crippen LogP contribution in [-0.2, 0) is 10.0 Å². The van der Waals surface area contributed by atoms with Gasteiger partial charge in [0.1, 0.15) is 0 Å². The number of hydrogen-bond acceptors (Lipinski definition) is 4. The lowest BCUT2D eigenvalue weighted by atomic mass is 10.2. The summed E-state index contributed by atoms with van der Waals surface area (Å²) >= 11 is 0. The number of non-ortho nitro benzene ring substituents is 1. The molecule has 0 heterocycles. The molecular formula is C14H12N2O4S. The van der Waals surface area contributed by atoms with Crippen LogP contribution in [0, 0.1) is 17.0 Å². The maximum absolute atomic E-state index is 12.0. The molecule has 0 radical (unpaired) electrons. The molecule has 0 saturated heterocycles. The number of nitrogens with zero attached hydrogens (tertiary/aromatic N) is 2. The molecule has 0 N–H and O–H groups in total. The Morgan fingerprint density at radius 2 is 1.81 bits per heavy atom. The molecule has 7 heteroatoms. The van der Waals surface area contributed by atoms with Gasteiger partial charge in [0.15, 0.2) is 0 Å². The van der Waals surface area contributed by atoms with Crippen molar-refractivity contribution in [2.24, 2.45) is 4.40 Å². The Hall–Kier alpha value is -2.54. The lowest BCUT2D eigenvalue weighted by Crippen LogP contribution is -1.98. The molecule has 21 heavy (non-hydrogen) atoms. The van der Waals surface area contributed by atoms with Crippen molar-refractivity contribution >= 4 is 21.9 Å². The Kier molecular flexibility index (Phi) is 4.13. The molecule has 0 aliphatic rings. The quantitative estimate of drug-likeness (QED) is 0.493. The summed E-state index contributed by atoms with van der Waals surface area (Å²) < 4.78 is 27.6. The molecule has 0 aliphatic carbocycles. The van der Waals surface area contributed by atoms with E-state index in [1.807, 2.05) is 6.92 Å². The first-order chi connectivity index (χ1) is 9.88. The molecule has 2 aromatic rings. The normalized spacial score (nSPS) is 11.7. The highest BCUT2D eigenvalue weighted by atomic mass is 32.2. The summed E-state index contributed by atoms with van der Waals surface area (Å²) in [4.78, 5) is 10.2. The van der Waals surface area contributed by atoms with Crippen LogP contribution in [0.3, 0.4) is 0 Å². The minimum absolute atomic E-state index is 0.0785. The average molecular weight is 304 g/mol. The maximum Gasteiger partial charge on any atom is 0.282 e. The fourth-order valence-corrected chi connectivity index (χ4v) is 2.48. The number of sulfonamides is 1. The highest BCUT2D eigenvalue weighted by molar-refractivity contribution is 7.90. The SMILES string of the molecule is Cc1ccc(S(=O)(=O)/N=C\c2cccc([N+](=O)[O-])c2)cc1. The van der Waals surface area contributed by atoms with Crippen molar-refractivity contribution < 1.29 is 13.3 Å². The first-order valence-corrected chi connectivity index (χ1v) is 7.44. The van der Waals surface area contributed by atoms with Crippen molar-refractivity contribution in [1.29, 1.82) is 0 Å². The monoisotopic (exact) mass is 304 g/mol. The summed E-state index contributed by atoms with van der Waals surface area (Å²) in [6, 6.07) is 11.9. The van der Waals surface area contributed by atoms with Gasteiger partial charge in [0, 0.05) is 23.9 Å². The topological polar surface area (TPSA) is 89.6 Å². The highest BCUT2D eigenvalue weighted by Crippen LogP contribution is 2.15. The lowest BCUT2D eigenvalue weighted by Gasteiger charge is -1.99. The van der Waals surface area contributed by atoms with Gasteiger partial charge < -0.3 is 0 Å².